The maximum atomic E-state index is 12.8. The molecule has 0 aromatic heterocycles. The second-order valence-corrected chi connectivity index (χ2v) is 7.55. The molecule has 1 amide bonds. The first-order chi connectivity index (χ1) is 16.2. The molecule has 0 aliphatic rings. The molecule has 0 unspecified atom stereocenters. The Labute approximate surface area is 193 Å². The minimum atomic E-state index is -0.153. The molecule has 0 radical (unpaired) electrons. The molecule has 168 valence electrons. The van der Waals surface area contributed by atoms with Gasteiger partial charge in [0.05, 0.1) is 13.7 Å². The zero-order valence-electron chi connectivity index (χ0n) is 18.8. The van der Waals surface area contributed by atoms with Gasteiger partial charge in [-0.05, 0) is 54.3 Å². The number of carbonyl (C=O) groups excluding carboxylic acids is 1. The summed E-state index contributed by atoms with van der Waals surface area (Å²) in [7, 11) is 1.63. The smallest absolute Gasteiger partial charge is 0.251 e. The Morgan fingerprint density at radius 1 is 0.848 bits per heavy atom. The number of carbonyl (C=O) groups is 1. The number of rotatable bonds is 9. The summed E-state index contributed by atoms with van der Waals surface area (Å²) < 4.78 is 17.1. The van der Waals surface area contributed by atoms with Gasteiger partial charge in [-0.15, -0.1) is 0 Å². The largest absolute Gasteiger partial charge is 0.497 e. The van der Waals surface area contributed by atoms with Crippen LogP contribution in [0.3, 0.4) is 0 Å². The zero-order chi connectivity index (χ0) is 23.0. The minimum Gasteiger partial charge on any atom is -0.497 e. The first-order valence-electron chi connectivity index (χ1n) is 11.0. The molecule has 4 rings (SSSR count). The third kappa shape index (κ3) is 5.44. The van der Waals surface area contributed by atoms with Crippen LogP contribution in [0, 0.1) is 0 Å². The summed E-state index contributed by atoms with van der Waals surface area (Å²) in [6.07, 6.45) is 0. The highest BCUT2D eigenvalue weighted by Gasteiger charge is 2.12. The van der Waals surface area contributed by atoms with Gasteiger partial charge in [0.25, 0.3) is 5.91 Å². The van der Waals surface area contributed by atoms with Crippen molar-refractivity contribution >= 4 is 16.7 Å². The van der Waals surface area contributed by atoms with Crippen LogP contribution in [0.25, 0.3) is 10.8 Å². The number of hydrogen-bond donors (Lipinski definition) is 1. The molecule has 0 fully saturated rings. The van der Waals surface area contributed by atoms with Gasteiger partial charge in [0, 0.05) is 23.1 Å². The van der Waals surface area contributed by atoms with Gasteiger partial charge in [-0.2, -0.15) is 0 Å². The topological polar surface area (TPSA) is 56.8 Å². The molecular formula is C28H27NO4. The highest BCUT2D eigenvalue weighted by Crippen LogP contribution is 2.28. The van der Waals surface area contributed by atoms with E-state index in [0.717, 1.165) is 33.4 Å². The molecule has 4 aromatic rings. The third-order valence-corrected chi connectivity index (χ3v) is 5.37. The van der Waals surface area contributed by atoms with Crippen LogP contribution in [0.1, 0.15) is 28.4 Å². The molecule has 33 heavy (non-hydrogen) atoms. The van der Waals surface area contributed by atoms with E-state index >= 15 is 0 Å². The maximum Gasteiger partial charge on any atom is 0.251 e. The SMILES string of the molecule is CCOc1ccc(C(=O)NCc2ccc(OC)cc2)cc1COc1cccc2ccccc12. The molecule has 5 heteroatoms. The predicted molar refractivity (Wildman–Crippen MR) is 130 cm³/mol. The fraction of sp³-hybridized carbons (Fsp3) is 0.179. The van der Waals surface area contributed by atoms with Crippen molar-refractivity contribution in [2.45, 2.75) is 20.1 Å². The molecule has 0 saturated heterocycles. The zero-order valence-corrected chi connectivity index (χ0v) is 18.8. The molecule has 0 aliphatic carbocycles. The third-order valence-electron chi connectivity index (χ3n) is 5.37. The van der Waals surface area contributed by atoms with Crippen LogP contribution >= 0.6 is 0 Å². The van der Waals surface area contributed by atoms with Crippen LogP contribution in [0.5, 0.6) is 17.2 Å². The van der Waals surface area contributed by atoms with Gasteiger partial charge in [0.2, 0.25) is 0 Å². The van der Waals surface area contributed by atoms with E-state index in [4.69, 9.17) is 14.2 Å². The van der Waals surface area contributed by atoms with E-state index in [1.807, 2.05) is 73.7 Å². The molecule has 0 spiro atoms. The van der Waals surface area contributed by atoms with E-state index in [2.05, 4.69) is 17.4 Å². The summed E-state index contributed by atoms with van der Waals surface area (Å²) in [4.78, 5) is 12.8. The molecule has 4 aromatic carbocycles. The monoisotopic (exact) mass is 441 g/mol. The fourth-order valence-electron chi connectivity index (χ4n) is 3.63. The number of hydrogen-bond acceptors (Lipinski definition) is 4. The summed E-state index contributed by atoms with van der Waals surface area (Å²) in [5, 5.41) is 5.13. The number of nitrogens with one attached hydrogen (secondary N) is 1. The van der Waals surface area contributed by atoms with Crippen molar-refractivity contribution in [2.24, 2.45) is 0 Å². The van der Waals surface area contributed by atoms with Crippen LogP contribution in [0.4, 0.5) is 0 Å². The van der Waals surface area contributed by atoms with Gasteiger partial charge in [0.15, 0.2) is 0 Å². The molecule has 0 heterocycles. The minimum absolute atomic E-state index is 0.153. The standard InChI is InChI=1S/C28H27NO4/c1-3-32-26-16-13-22(28(30)29-18-20-11-14-24(31-2)15-12-20)17-23(26)19-33-27-10-6-8-21-7-4-5-9-25(21)27/h4-17H,3,18-19H2,1-2H3,(H,29,30). The van der Waals surface area contributed by atoms with Crippen LogP contribution in [-0.2, 0) is 13.2 Å². The summed E-state index contributed by atoms with van der Waals surface area (Å²) >= 11 is 0. The summed E-state index contributed by atoms with van der Waals surface area (Å²) in [5.41, 5.74) is 2.37. The lowest BCUT2D eigenvalue weighted by Crippen LogP contribution is -2.23. The average molecular weight is 442 g/mol. The lowest BCUT2D eigenvalue weighted by Gasteiger charge is -2.14. The van der Waals surface area contributed by atoms with Crippen molar-refractivity contribution in [2.75, 3.05) is 13.7 Å². The van der Waals surface area contributed by atoms with Crippen LogP contribution in [0.2, 0.25) is 0 Å². The van der Waals surface area contributed by atoms with E-state index in [9.17, 15) is 4.79 Å². The van der Waals surface area contributed by atoms with E-state index in [1.165, 1.54) is 0 Å². The van der Waals surface area contributed by atoms with Crippen molar-refractivity contribution in [1.29, 1.82) is 0 Å². The van der Waals surface area contributed by atoms with Gasteiger partial charge < -0.3 is 19.5 Å². The Bertz CT molecular complexity index is 1230. The second-order valence-electron chi connectivity index (χ2n) is 7.55. The Morgan fingerprint density at radius 2 is 1.64 bits per heavy atom. The highest BCUT2D eigenvalue weighted by atomic mass is 16.5. The van der Waals surface area contributed by atoms with Gasteiger partial charge >= 0.3 is 0 Å². The van der Waals surface area contributed by atoms with E-state index in [0.29, 0.717) is 31.1 Å². The van der Waals surface area contributed by atoms with E-state index in [-0.39, 0.29) is 5.91 Å². The number of fused-ring (bicyclic) bond motifs is 1. The molecule has 0 bridgehead atoms. The summed E-state index contributed by atoms with van der Waals surface area (Å²) in [6.45, 7) is 3.19. The van der Waals surface area contributed by atoms with Crippen LogP contribution in [-0.4, -0.2) is 19.6 Å². The van der Waals surface area contributed by atoms with Crippen LogP contribution in [0.15, 0.2) is 84.9 Å². The summed E-state index contributed by atoms with van der Waals surface area (Å²) in [6, 6.07) is 27.1. The molecular weight excluding hydrogens is 414 g/mol. The van der Waals surface area contributed by atoms with Crippen molar-refractivity contribution in [3.8, 4) is 17.2 Å². The fourth-order valence-corrected chi connectivity index (χ4v) is 3.63. The highest BCUT2D eigenvalue weighted by molar-refractivity contribution is 5.94. The Balaban J connectivity index is 1.49. The van der Waals surface area contributed by atoms with Crippen molar-refractivity contribution in [3.63, 3.8) is 0 Å². The molecule has 0 aliphatic heterocycles. The van der Waals surface area contributed by atoms with Gasteiger partial charge in [-0.1, -0.05) is 48.5 Å². The number of amides is 1. The second kappa shape index (κ2) is 10.6. The van der Waals surface area contributed by atoms with Gasteiger partial charge in [0.1, 0.15) is 23.9 Å². The van der Waals surface area contributed by atoms with E-state index < -0.39 is 0 Å². The number of methoxy groups -OCH3 is 1. The Morgan fingerprint density at radius 3 is 2.42 bits per heavy atom. The maximum absolute atomic E-state index is 12.8. The predicted octanol–water partition coefficient (Wildman–Crippen LogP) is 5.76. The quantitative estimate of drug-likeness (QED) is 0.359. The van der Waals surface area contributed by atoms with Crippen molar-refractivity contribution < 1.29 is 19.0 Å². The summed E-state index contributed by atoms with van der Waals surface area (Å²) in [5.74, 6) is 2.14. The molecule has 0 saturated carbocycles. The van der Waals surface area contributed by atoms with E-state index in [1.54, 1.807) is 13.2 Å². The Hall–Kier alpha value is -3.99. The average Bonchev–Trinajstić information content (AvgIpc) is 2.87. The molecule has 5 nitrogen and oxygen atoms in total. The first-order valence-corrected chi connectivity index (χ1v) is 11.0. The lowest BCUT2D eigenvalue weighted by molar-refractivity contribution is 0.0950. The Kier molecular flexibility index (Phi) is 7.10. The van der Waals surface area contributed by atoms with Gasteiger partial charge in [-0.25, -0.2) is 0 Å². The molecule has 0 atom stereocenters. The van der Waals surface area contributed by atoms with Gasteiger partial charge in [-0.3, -0.25) is 4.79 Å². The van der Waals surface area contributed by atoms with Crippen molar-refractivity contribution in [1.82, 2.24) is 5.32 Å². The first kappa shape index (κ1) is 22.2. The normalized spacial score (nSPS) is 10.6. The lowest BCUT2D eigenvalue weighted by atomic mass is 10.1. The van der Waals surface area contributed by atoms with Crippen LogP contribution < -0.4 is 19.5 Å². The number of benzene rings is 4. The number of ether oxygens (including phenoxy) is 3. The molecule has 1 N–H and O–H groups in total. The van der Waals surface area contributed by atoms with Crippen molar-refractivity contribution in [3.05, 3.63) is 102 Å².